The monoisotopic (exact) mass is 206 g/mol. The molecule has 2 heteroatoms. The lowest BCUT2D eigenvalue weighted by Gasteiger charge is -2.26. The number of hydrogen-bond donors (Lipinski definition) is 1. The highest BCUT2D eigenvalue weighted by Gasteiger charge is 2.30. The first-order chi connectivity index (χ1) is 7.31. The van der Waals surface area contributed by atoms with E-state index in [1.165, 1.54) is 38.5 Å². The molecule has 2 fully saturated rings. The molecule has 3 atom stereocenters. The second kappa shape index (κ2) is 4.99. The van der Waals surface area contributed by atoms with E-state index in [-0.39, 0.29) is 5.92 Å². The van der Waals surface area contributed by atoms with Crippen molar-refractivity contribution >= 4 is 0 Å². The standard InChI is InChI=1S/C13H22N2/c1-10(11-5-2-3-6-11)15-13-8-4-7-12(13)9-14/h10-13,15H,2-8H2,1H3/t10-,12?,13?/m0/s1. The molecule has 2 rings (SSSR count). The van der Waals surface area contributed by atoms with Gasteiger partial charge in [0.05, 0.1) is 12.0 Å². The summed E-state index contributed by atoms with van der Waals surface area (Å²) in [7, 11) is 0. The molecule has 0 aliphatic heterocycles. The molecule has 0 spiro atoms. The summed E-state index contributed by atoms with van der Waals surface area (Å²) in [4.78, 5) is 0. The van der Waals surface area contributed by atoms with Crippen LogP contribution in [0.4, 0.5) is 0 Å². The van der Waals surface area contributed by atoms with E-state index in [9.17, 15) is 0 Å². The van der Waals surface area contributed by atoms with Gasteiger partial charge in [0.25, 0.3) is 0 Å². The van der Waals surface area contributed by atoms with Crippen LogP contribution in [0.25, 0.3) is 0 Å². The van der Waals surface area contributed by atoms with Gasteiger partial charge in [-0.15, -0.1) is 0 Å². The molecule has 0 aromatic carbocycles. The maximum absolute atomic E-state index is 9.02. The second-order valence-corrected chi connectivity index (χ2v) is 5.27. The molecular weight excluding hydrogens is 184 g/mol. The molecule has 0 heterocycles. The van der Waals surface area contributed by atoms with Crippen molar-refractivity contribution in [1.29, 1.82) is 5.26 Å². The molecule has 84 valence electrons. The van der Waals surface area contributed by atoms with Gasteiger partial charge in [-0.1, -0.05) is 19.3 Å². The van der Waals surface area contributed by atoms with Crippen molar-refractivity contribution in [3.63, 3.8) is 0 Å². The minimum absolute atomic E-state index is 0.272. The molecule has 0 radical (unpaired) electrons. The Balaban J connectivity index is 1.82. The topological polar surface area (TPSA) is 35.8 Å². The van der Waals surface area contributed by atoms with Crippen LogP contribution in [-0.4, -0.2) is 12.1 Å². The first kappa shape index (κ1) is 11.0. The van der Waals surface area contributed by atoms with E-state index in [1.54, 1.807) is 0 Å². The molecule has 15 heavy (non-hydrogen) atoms. The van der Waals surface area contributed by atoms with Gasteiger partial charge in [-0.2, -0.15) is 5.26 Å². The average molecular weight is 206 g/mol. The summed E-state index contributed by atoms with van der Waals surface area (Å²) in [6.45, 7) is 2.31. The van der Waals surface area contributed by atoms with Crippen LogP contribution < -0.4 is 5.32 Å². The van der Waals surface area contributed by atoms with Gasteiger partial charge in [0.15, 0.2) is 0 Å². The van der Waals surface area contributed by atoms with Crippen molar-refractivity contribution < 1.29 is 0 Å². The smallest absolute Gasteiger partial charge is 0.0672 e. The van der Waals surface area contributed by atoms with Crippen molar-refractivity contribution in [3.8, 4) is 6.07 Å². The number of nitriles is 1. The van der Waals surface area contributed by atoms with Crippen molar-refractivity contribution in [2.24, 2.45) is 11.8 Å². The fourth-order valence-electron chi connectivity index (χ4n) is 3.25. The Morgan fingerprint density at radius 1 is 1.13 bits per heavy atom. The zero-order chi connectivity index (χ0) is 10.7. The van der Waals surface area contributed by atoms with E-state index in [0.29, 0.717) is 12.1 Å². The second-order valence-electron chi connectivity index (χ2n) is 5.27. The molecule has 1 N–H and O–H groups in total. The van der Waals surface area contributed by atoms with E-state index in [4.69, 9.17) is 5.26 Å². The average Bonchev–Trinajstić information content (AvgIpc) is 2.87. The van der Waals surface area contributed by atoms with E-state index in [0.717, 1.165) is 12.3 Å². The zero-order valence-corrected chi connectivity index (χ0v) is 9.71. The molecular formula is C13H22N2. The van der Waals surface area contributed by atoms with Gasteiger partial charge in [-0.05, 0) is 38.5 Å². The summed E-state index contributed by atoms with van der Waals surface area (Å²) in [5, 5.41) is 12.7. The van der Waals surface area contributed by atoms with E-state index >= 15 is 0 Å². The van der Waals surface area contributed by atoms with Crippen LogP contribution in [-0.2, 0) is 0 Å². The van der Waals surface area contributed by atoms with Crippen LogP contribution >= 0.6 is 0 Å². The fourth-order valence-corrected chi connectivity index (χ4v) is 3.25. The lowest BCUT2D eigenvalue weighted by Crippen LogP contribution is -2.41. The predicted octanol–water partition coefficient (Wildman–Crippen LogP) is 2.85. The zero-order valence-electron chi connectivity index (χ0n) is 9.71. The molecule has 0 aromatic heterocycles. The maximum atomic E-state index is 9.02. The molecule has 2 aliphatic rings. The first-order valence-corrected chi connectivity index (χ1v) is 6.47. The predicted molar refractivity (Wildman–Crippen MR) is 61.3 cm³/mol. The SMILES string of the molecule is C[C@H](NC1CCCC1C#N)C1CCCC1. The molecule has 2 unspecified atom stereocenters. The molecule has 2 aliphatic carbocycles. The van der Waals surface area contributed by atoms with Crippen LogP contribution in [0, 0.1) is 23.2 Å². The lowest BCUT2D eigenvalue weighted by atomic mass is 9.97. The Morgan fingerprint density at radius 2 is 1.87 bits per heavy atom. The van der Waals surface area contributed by atoms with Gasteiger partial charge in [0, 0.05) is 12.1 Å². The molecule has 2 saturated carbocycles. The summed E-state index contributed by atoms with van der Waals surface area (Å²) in [5.41, 5.74) is 0. The Kier molecular flexibility index (Phi) is 3.64. The molecule has 0 amide bonds. The molecule has 0 saturated heterocycles. The van der Waals surface area contributed by atoms with Crippen LogP contribution in [0.15, 0.2) is 0 Å². The molecule has 0 aromatic rings. The van der Waals surface area contributed by atoms with Gasteiger partial charge in [-0.25, -0.2) is 0 Å². The Morgan fingerprint density at radius 3 is 2.53 bits per heavy atom. The highest BCUT2D eigenvalue weighted by molar-refractivity contribution is 4.97. The summed E-state index contributed by atoms with van der Waals surface area (Å²) in [6, 6.07) is 3.54. The van der Waals surface area contributed by atoms with Gasteiger partial charge < -0.3 is 5.32 Å². The third kappa shape index (κ3) is 2.52. The minimum Gasteiger partial charge on any atom is -0.310 e. The van der Waals surface area contributed by atoms with Crippen LogP contribution in [0.2, 0.25) is 0 Å². The molecule has 0 bridgehead atoms. The van der Waals surface area contributed by atoms with Crippen LogP contribution in [0.1, 0.15) is 51.9 Å². The van der Waals surface area contributed by atoms with Gasteiger partial charge >= 0.3 is 0 Å². The largest absolute Gasteiger partial charge is 0.310 e. The minimum atomic E-state index is 0.272. The highest BCUT2D eigenvalue weighted by atomic mass is 15.0. The third-order valence-electron chi connectivity index (χ3n) is 4.27. The Hall–Kier alpha value is -0.550. The summed E-state index contributed by atoms with van der Waals surface area (Å²) >= 11 is 0. The molecule has 2 nitrogen and oxygen atoms in total. The van der Waals surface area contributed by atoms with Crippen LogP contribution in [0.5, 0.6) is 0 Å². The number of rotatable bonds is 3. The Labute approximate surface area is 93.0 Å². The van der Waals surface area contributed by atoms with Gasteiger partial charge in [-0.3, -0.25) is 0 Å². The normalized spacial score (nSPS) is 34.1. The lowest BCUT2D eigenvalue weighted by molar-refractivity contribution is 0.324. The Bertz CT molecular complexity index is 237. The quantitative estimate of drug-likeness (QED) is 0.770. The number of nitrogens with one attached hydrogen (secondary N) is 1. The van der Waals surface area contributed by atoms with Crippen molar-refractivity contribution in [2.75, 3.05) is 0 Å². The van der Waals surface area contributed by atoms with Crippen molar-refractivity contribution in [1.82, 2.24) is 5.32 Å². The highest BCUT2D eigenvalue weighted by Crippen LogP contribution is 2.30. The van der Waals surface area contributed by atoms with Crippen LogP contribution in [0.3, 0.4) is 0 Å². The fraction of sp³-hybridized carbons (Fsp3) is 0.923. The van der Waals surface area contributed by atoms with Crippen molar-refractivity contribution in [3.05, 3.63) is 0 Å². The third-order valence-corrected chi connectivity index (χ3v) is 4.27. The van der Waals surface area contributed by atoms with Crippen molar-refractivity contribution in [2.45, 2.75) is 64.0 Å². The number of nitrogens with zero attached hydrogens (tertiary/aromatic N) is 1. The first-order valence-electron chi connectivity index (χ1n) is 6.47. The number of hydrogen-bond acceptors (Lipinski definition) is 2. The van der Waals surface area contributed by atoms with Gasteiger partial charge in [0.2, 0.25) is 0 Å². The van der Waals surface area contributed by atoms with E-state index in [2.05, 4.69) is 18.3 Å². The summed E-state index contributed by atoms with van der Waals surface area (Å²) in [5.74, 6) is 1.14. The van der Waals surface area contributed by atoms with Gasteiger partial charge in [0.1, 0.15) is 0 Å². The summed E-state index contributed by atoms with van der Waals surface area (Å²) < 4.78 is 0. The summed E-state index contributed by atoms with van der Waals surface area (Å²) in [6.07, 6.45) is 9.12. The van der Waals surface area contributed by atoms with E-state index < -0.39 is 0 Å². The maximum Gasteiger partial charge on any atom is 0.0672 e. The van der Waals surface area contributed by atoms with E-state index in [1.807, 2.05) is 0 Å².